The summed E-state index contributed by atoms with van der Waals surface area (Å²) < 4.78 is 5.58. The number of ether oxygens (including phenoxy) is 1. The van der Waals surface area contributed by atoms with Crippen LogP contribution in [0.5, 0.6) is 0 Å². The standard InChI is InChI=1S/C20H34N2O2/c1-9-12-22(19(23)24-20(6,7)8)16(5)17-11-10-15(4)18(13-17)21-14(2)3/h10-11,13-14,16,21H,9,12H2,1-8H3. The Morgan fingerprint density at radius 2 is 1.88 bits per heavy atom. The summed E-state index contributed by atoms with van der Waals surface area (Å²) in [5.74, 6) is 0. The summed E-state index contributed by atoms with van der Waals surface area (Å²) in [6.07, 6.45) is 0.641. The zero-order valence-electron chi connectivity index (χ0n) is 16.6. The van der Waals surface area contributed by atoms with Crippen molar-refractivity contribution in [1.29, 1.82) is 0 Å². The minimum absolute atomic E-state index is 0.0342. The number of carbonyl (C=O) groups excluding carboxylic acids is 1. The van der Waals surface area contributed by atoms with Crippen LogP contribution in [-0.4, -0.2) is 29.2 Å². The van der Waals surface area contributed by atoms with Crippen molar-refractivity contribution in [3.63, 3.8) is 0 Å². The monoisotopic (exact) mass is 334 g/mol. The van der Waals surface area contributed by atoms with Crippen molar-refractivity contribution in [2.45, 2.75) is 79.5 Å². The number of nitrogens with one attached hydrogen (secondary N) is 1. The van der Waals surface area contributed by atoms with Gasteiger partial charge < -0.3 is 15.0 Å². The van der Waals surface area contributed by atoms with Crippen LogP contribution in [0.15, 0.2) is 18.2 Å². The molecule has 1 aromatic carbocycles. The van der Waals surface area contributed by atoms with Crippen LogP contribution >= 0.6 is 0 Å². The van der Waals surface area contributed by atoms with Crippen molar-refractivity contribution in [1.82, 2.24) is 4.90 Å². The van der Waals surface area contributed by atoms with Crippen LogP contribution in [0.1, 0.15) is 72.1 Å². The Hall–Kier alpha value is -1.71. The van der Waals surface area contributed by atoms with Gasteiger partial charge >= 0.3 is 6.09 Å². The summed E-state index contributed by atoms with van der Waals surface area (Å²) in [5.41, 5.74) is 2.96. The lowest BCUT2D eigenvalue weighted by Crippen LogP contribution is -2.39. The molecule has 0 spiro atoms. The number of carbonyl (C=O) groups is 1. The van der Waals surface area contributed by atoms with E-state index in [-0.39, 0.29) is 12.1 Å². The Kier molecular flexibility index (Phi) is 7.12. The van der Waals surface area contributed by atoms with Crippen molar-refractivity contribution in [2.75, 3.05) is 11.9 Å². The number of hydrogen-bond donors (Lipinski definition) is 1. The van der Waals surface area contributed by atoms with E-state index in [1.807, 2.05) is 25.7 Å². The minimum atomic E-state index is -0.486. The minimum Gasteiger partial charge on any atom is -0.444 e. The first-order valence-corrected chi connectivity index (χ1v) is 8.91. The molecule has 0 saturated carbocycles. The molecule has 0 aliphatic carbocycles. The Labute approximate surface area is 147 Å². The number of hydrogen-bond acceptors (Lipinski definition) is 3. The van der Waals surface area contributed by atoms with Crippen LogP contribution < -0.4 is 5.32 Å². The fraction of sp³-hybridized carbons (Fsp3) is 0.650. The molecule has 24 heavy (non-hydrogen) atoms. The average molecular weight is 335 g/mol. The van der Waals surface area contributed by atoms with E-state index in [2.05, 4.69) is 58.1 Å². The first-order valence-electron chi connectivity index (χ1n) is 8.91. The molecular formula is C20H34N2O2. The van der Waals surface area contributed by atoms with Gasteiger partial charge in [-0.05, 0) is 72.1 Å². The first kappa shape index (κ1) is 20.3. The van der Waals surface area contributed by atoms with E-state index in [9.17, 15) is 4.79 Å². The van der Waals surface area contributed by atoms with Gasteiger partial charge in [0.1, 0.15) is 5.60 Å². The molecule has 1 rings (SSSR count). The maximum Gasteiger partial charge on any atom is 0.410 e. The maximum atomic E-state index is 12.6. The first-order chi connectivity index (χ1) is 11.0. The molecule has 0 aliphatic heterocycles. The van der Waals surface area contributed by atoms with Gasteiger partial charge in [-0.2, -0.15) is 0 Å². The largest absolute Gasteiger partial charge is 0.444 e. The second-order valence-electron chi connectivity index (χ2n) is 7.72. The van der Waals surface area contributed by atoms with E-state index in [1.54, 1.807) is 0 Å². The number of nitrogens with zero attached hydrogens (tertiary/aromatic N) is 1. The molecule has 4 heteroatoms. The summed E-state index contributed by atoms with van der Waals surface area (Å²) in [4.78, 5) is 14.4. The Morgan fingerprint density at radius 3 is 2.38 bits per heavy atom. The molecular weight excluding hydrogens is 300 g/mol. The van der Waals surface area contributed by atoms with Crippen LogP contribution in [-0.2, 0) is 4.74 Å². The van der Waals surface area contributed by atoms with Crippen molar-refractivity contribution in [2.24, 2.45) is 0 Å². The molecule has 1 amide bonds. The maximum absolute atomic E-state index is 12.6. The molecule has 0 bridgehead atoms. The van der Waals surface area contributed by atoms with Gasteiger partial charge in [0.25, 0.3) is 0 Å². The van der Waals surface area contributed by atoms with E-state index in [0.717, 1.165) is 17.7 Å². The van der Waals surface area contributed by atoms with Gasteiger partial charge in [-0.15, -0.1) is 0 Å². The van der Waals surface area contributed by atoms with Crippen molar-refractivity contribution < 1.29 is 9.53 Å². The van der Waals surface area contributed by atoms with E-state index < -0.39 is 5.60 Å². The van der Waals surface area contributed by atoms with Gasteiger partial charge in [-0.25, -0.2) is 4.79 Å². The highest BCUT2D eigenvalue weighted by molar-refractivity contribution is 5.69. The van der Waals surface area contributed by atoms with E-state index in [0.29, 0.717) is 12.6 Å². The zero-order chi connectivity index (χ0) is 18.5. The molecule has 136 valence electrons. The smallest absolute Gasteiger partial charge is 0.410 e. The Bertz CT molecular complexity index is 547. The van der Waals surface area contributed by atoms with Crippen LogP contribution in [0.2, 0.25) is 0 Å². The quantitative estimate of drug-likeness (QED) is 0.744. The Balaban J connectivity index is 3.06. The third kappa shape index (κ3) is 6.06. The predicted octanol–water partition coefficient (Wildman–Crippen LogP) is 5.52. The van der Waals surface area contributed by atoms with Crippen LogP contribution in [0.3, 0.4) is 0 Å². The van der Waals surface area contributed by atoms with Crippen LogP contribution in [0.25, 0.3) is 0 Å². The van der Waals surface area contributed by atoms with E-state index >= 15 is 0 Å². The van der Waals surface area contributed by atoms with E-state index in [4.69, 9.17) is 4.74 Å². The molecule has 1 unspecified atom stereocenters. The van der Waals surface area contributed by atoms with Gasteiger partial charge in [-0.1, -0.05) is 19.1 Å². The summed E-state index contributed by atoms with van der Waals surface area (Å²) in [5, 5.41) is 3.47. The lowest BCUT2D eigenvalue weighted by Gasteiger charge is -2.32. The second kappa shape index (κ2) is 8.41. The summed E-state index contributed by atoms with van der Waals surface area (Å²) in [6.45, 7) is 16.9. The fourth-order valence-corrected chi connectivity index (χ4v) is 2.55. The van der Waals surface area contributed by atoms with Crippen LogP contribution in [0.4, 0.5) is 10.5 Å². The average Bonchev–Trinajstić information content (AvgIpc) is 2.44. The summed E-state index contributed by atoms with van der Waals surface area (Å²) >= 11 is 0. The SMILES string of the molecule is CCCN(C(=O)OC(C)(C)C)C(C)c1ccc(C)c(NC(C)C)c1. The topological polar surface area (TPSA) is 41.6 Å². The van der Waals surface area contributed by atoms with Crippen molar-refractivity contribution in [3.05, 3.63) is 29.3 Å². The molecule has 0 radical (unpaired) electrons. The normalized spacial score (nSPS) is 12.9. The molecule has 0 aromatic heterocycles. The summed E-state index contributed by atoms with van der Waals surface area (Å²) in [6, 6.07) is 6.68. The number of aryl methyl sites for hydroxylation is 1. The predicted molar refractivity (Wildman–Crippen MR) is 102 cm³/mol. The third-order valence-corrected chi connectivity index (χ3v) is 3.75. The molecule has 1 aromatic rings. The number of anilines is 1. The Morgan fingerprint density at radius 1 is 1.25 bits per heavy atom. The highest BCUT2D eigenvalue weighted by atomic mass is 16.6. The fourth-order valence-electron chi connectivity index (χ4n) is 2.55. The van der Waals surface area contributed by atoms with Gasteiger partial charge in [0.2, 0.25) is 0 Å². The highest BCUT2D eigenvalue weighted by Gasteiger charge is 2.26. The lowest BCUT2D eigenvalue weighted by molar-refractivity contribution is 0.0173. The van der Waals surface area contributed by atoms with Gasteiger partial charge in [-0.3, -0.25) is 0 Å². The van der Waals surface area contributed by atoms with Gasteiger partial charge in [0, 0.05) is 18.3 Å². The van der Waals surface area contributed by atoms with Gasteiger partial charge in [0.15, 0.2) is 0 Å². The molecule has 4 nitrogen and oxygen atoms in total. The third-order valence-electron chi connectivity index (χ3n) is 3.75. The van der Waals surface area contributed by atoms with Crippen LogP contribution in [0, 0.1) is 6.92 Å². The van der Waals surface area contributed by atoms with Crippen molar-refractivity contribution >= 4 is 11.8 Å². The number of amides is 1. The number of benzene rings is 1. The molecule has 0 aliphatic rings. The van der Waals surface area contributed by atoms with Gasteiger partial charge in [0.05, 0.1) is 6.04 Å². The lowest BCUT2D eigenvalue weighted by atomic mass is 10.0. The number of rotatable bonds is 6. The molecule has 0 heterocycles. The molecule has 0 saturated heterocycles. The molecule has 1 atom stereocenters. The van der Waals surface area contributed by atoms with E-state index in [1.165, 1.54) is 5.56 Å². The van der Waals surface area contributed by atoms with Crippen molar-refractivity contribution in [3.8, 4) is 0 Å². The molecule has 0 fully saturated rings. The molecule has 1 N–H and O–H groups in total. The summed E-state index contributed by atoms with van der Waals surface area (Å²) in [7, 11) is 0. The zero-order valence-corrected chi connectivity index (χ0v) is 16.6. The highest BCUT2D eigenvalue weighted by Crippen LogP contribution is 2.27. The second-order valence-corrected chi connectivity index (χ2v) is 7.72.